The van der Waals surface area contributed by atoms with E-state index in [1.54, 1.807) is 19.1 Å². The van der Waals surface area contributed by atoms with Gasteiger partial charge in [0.1, 0.15) is 17.1 Å². The van der Waals surface area contributed by atoms with Crippen LogP contribution in [0.15, 0.2) is 54.6 Å². The molecule has 23 heavy (non-hydrogen) atoms. The maximum Gasteiger partial charge on any atom is 0.341 e. The second kappa shape index (κ2) is 7.89. The highest BCUT2D eigenvalue weighted by Crippen LogP contribution is 2.19. The highest BCUT2D eigenvalue weighted by molar-refractivity contribution is 5.95. The SMILES string of the molecule is CCOC(=O)c1ccccc1OC(=O)C=Cc1ccc(F)cc1. The van der Waals surface area contributed by atoms with Crippen molar-refractivity contribution >= 4 is 18.0 Å². The molecular formula is C18H15FO4. The third kappa shape index (κ3) is 4.78. The second-order valence-electron chi connectivity index (χ2n) is 4.52. The summed E-state index contributed by atoms with van der Waals surface area (Å²) in [4.78, 5) is 23.6. The smallest absolute Gasteiger partial charge is 0.341 e. The summed E-state index contributed by atoms with van der Waals surface area (Å²) in [5.74, 6) is -1.43. The Morgan fingerprint density at radius 2 is 1.78 bits per heavy atom. The lowest BCUT2D eigenvalue weighted by molar-refractivity contribution is -0.128. The number of hydrogen-bond donors (Lipinski definition) is 0. The van der Waals surface area contributed by atoms with Gasteiger partial charge in [-0.15, -0.1) is 0 Å². The van der Waals surface area contributed by atoms with Crippen molar-refractivity contribution in [3.63, 3.8) is 0 Å². The zero-order chi connectivity index (χ0) is 16.7. The van der Waals surface area contributed by atoms with Gasteiger partial charge in [0.15, 0.2) is 0 Å². The molecule has 0 N–H and O–H groups in total. The molecule has 5 heteroatoms. The van der Waals surface area contributed by atoms with E-state index in [9.17, 15) is 14.0 Å². The molecule has 118 valence electrons. The van der Waals surface area contributed by atoms with Gasteiger partial charge in [-0.1, -0.05) is 24.3 Å². The van der Waals surface area contributed by atoms with E-state index in [-0.39, 0.29) is 23.7 Å². The van der Waals surface area contributed by atoms with Crippen molar-refractivity contribution in [3.05, 3.63) is 71.6 Å². The molecule has 0 aromatic heterocycles. The molecular weight excluding hydrogens is 299 g/mol. The molecule has 0 aliphatic rings. The summed E-state index contributed by atoms with van der Waals surface area (Å²) < 4.78 is 22.9. The standard InChI is InChI=1S/C18H15FO4/c1-2-22-18(21)15-5-3-4-6-16(15)23-17(20)12-9-13-7-10-14(19)11-8-13/h3-12H,2H2,1H3. The van der Waals surface area contributed by atoms with Gasteiger partial charge >= 0.3 is 11.9 Å². The zero-order valence-electron chi connectivity index (χ0n) is 12.5. The fourth-order valence-corrected chi connectivity index (χ4v) is 1.81. The highest BCUT2D eigenvalue weighted by Gasteiger charge is 2.14. The lowest BCUT2D eigenvalue weighted by Crippen LogP contribution is -2.10. The number of benzene rings is 2. The Morgan fingerprint density at radius 1 is 1.09 bits per heavy atom. The van der Waals surface area contributed by atoms with E-state index in [2.05, 4.69) is 0 Å². The lowest BCUT2D eigenvalue weighted by atomic mass is 10.2. The second-order valence-corrected chi connectivity index (χ2v) is 4.52. The molecule has 0 amide bonds. The normalized spacial score (nSPS) is 10.5. The van der Waals surface area contributed by atoms with Crippen molar-refractivity contribution in [1.82, 2.24) is 0 Å². The Morgan fingerprint density at radius 3 is 2.48 bits per heavy atom. The molecule has 2 rings (SSSR count). The van der Waals surface area contributed by atoms with Gasteiger partial charge in [0.25, 0.3) is 0 Å². The Kier molecular flexibility index (Phi) is 5.63. The predicted octanol–water partition coefficient (Wildman–Crippen LogP) is 3.62. The molecule has 4 nitrogen and oxygen atoms in total. The van der Waals surface area contributed by atoms with Gasteiger partial charge < -0.3 is 9.47 Å². The summed E-state index contributed by atoms with van der Waals surface area (Å²) in [6.07, 6.45) is 2.70. The zero-order valence-corrected chi connectivity index (χ0v) is 12.5. The summed E-state index contributed by atoms with van der Waals surface area (Å²) in [5.41, 5.74) is 0.833. The molecule has 0 spiro atoms. The van der Waals surface area contributed by atoms with Crippen molar-refractivity contribution in [1.29, 1.82) is 0 Å². The minimum atomic E-state index is -0.647. The van der Waals surface area contributed by atoms with Crippen LogP contribution in [0, 0.1) is 5.82 Å². The van der Waals surface area contributed by atoms with Crippen LogP contribution in [0.4, 0.5) is 4.39 Å². The Bertz CT molecular complexity index is 720. The summed E-state index contributed by atoms with van der Waals surface area (Å²) in [6.45, 7) is 1.92. The van der Waals surface area contributed by atoms with Gasteiger partial charge in [0.2, 0.25) is 0 Å². The van der Waals surface area contributed by atoms with Crippen molar-refractivity contribution in [2.75, 3.05) is 6.61 Å². The number of hydrogen-bond acceptors (Lipinski definition) is 4. The third-order valence-electron chi connectivity index (χ3n) is 2.87. The van der Waals surface area contributed by atoms with Crippen molar-refractivity contribution in [2.24, 2.45) is 0 Å². The monoisotopic (exact) mass is 314 g/mol. The third-order valence-corrected chi connectivity index (χ3v) is 2.87. The average molecular weight is 314 g/mol. The van der Waals surface area contributed by atoms with E-state index in [0.717, 1.165) is 0 Å². The number of rotatable bonds is 5. The van der Waals surface area contributed by atoms with Crippen molar-refractivity contribution < 1.29 is 23.5 Å². The number of ether oxygens (including phenoxy) is 2. The van der Waals surface area contributed by atoms with Gasteiger partial charge in [-0.25, -0.2) is 14.0 Å². The molecule has 2 aromatic carbocycles. The van der Waals surface area contributed by atoms with E-state index < -0.39 is 11.9 Å². The molecule has 0 saturated carbocycles. The average Bonchev–Trinajstić information content (AvgIpc) is 2.55. The number of halogens is 1. The first-order chi connectivity index (χ1) is 11.1. The quantitative estimate of drug-likeness (QED) is 0.480. The van der Waals surface area contributed by atoms with Crippen LogP contribution in [0.2, 0.25) is 0 Å². The first-order valence-corrected chi connectivity index (χ1v) is 7.01. The molecule has 0 heterocycles. The largest absolute Gasteiger partial charge is 0.462 e. The molecule has 0 unspecified atom stereocenters. The first kappa shape index (κ1) is 16.4. The van der Waals surface area contributed by atoms with Crippen LogP contribution in [0.5, 0.6) is 5.75 Å². The predicted molar refractivity (Wildman–Crippen MR) is 83.5 cm³/mol. The highest BCUT2D eigenvalue weighted by atomic mass is 19.1. The van der Waals surface area contributed by atoms with Crippen LogP contribution in [0.3, 0.4) is 0 Å². The molecule has 0 atom stereocenters. The van der Waals surface area contributed by atoms with E-state index in [1.807, 2.05) is 0 Å². The maximum atomic E-state index is 12.8. The maximum absolute atomic E-state index is 12.8. The summed E-state index contributed by atoms with van der Waals surface area (Å²) in [5, 5.41) is 0. The van der Waals surface area contributed by atoms with Crippen LogP contribution < -0.4 is 4.74 Å². The Labute approximate surface area is 133 Å². The number of carbonyl (C=O) groups is 2. The van der Waals surface area contributed by atoms with Gasteiger partial charge in [-0.2, -0.15) is 0 Å². The molecule has 0 radical (unpaired) electrons. The Hall–Kier alpha value is -2.95. The molecule has 0 bridgehead atoms. The lowest BCUT2D eigenvalue weighted by Gasteiger charge is -2.07. The van der Waals surface area contributed by atoms with E-state index in [0.29, 0.717) is 5.56 Å². The molecule has 0 fully saturated rings. The minimum Gasteiger partial charge on any atom is -0.462 e. The topological polar surface area (TPSA) is 52.6 Å². The fourth-order valence-electron chi connectivity index (χ4n) is 1.81. The number of para-hydroxylation sites is 1. The van der Waals surface area contributed by atoms with Crippen LogP contribution >= 0.6 is 0 Å². The van der Waals surface area contributed by atoms with E-state index >= 15 is 0 Å². The molecule has 2 aromatic rings. The number of carbonyl (C=O) groups excluding carboxylic acids is 2. The van der Waals surface area contributed by atoms with Crippen LogP contribution in [0.25, 0.3) is 6.08 Å². The van der Waals surface area contributed by atoms with Crippen LogP contribution in [-0.2, 0) is 9.53 Å². The van der Waals surface area contributed by atoms with Gasteiger partial charge in [0.05, 0.1) is 6.61 Å². The molecule has 0 aliphatic carbocycles. The van der Waals surface area contributed by atoms with Gasteiger partial charge in [-0.05, 0) is 42.8 Å². The van der Waals surface area contributed by atoms with Crippen LogP contribution in [-0.4, -0.2) is 18.5 Å². The Balaban J connectivity index is 2.08. The summed E-state index contributed by atoms with van der Waals surface area (Å²) in [7, 11) is 0. The van der Waals surface area contributed by atoms with Crippen molar-refractivity contribution in [3.8, 4) is 5.75 Å². The molecule has 0 saturated heterocycles. The number of esters is 2. The van der Waals surface area contributed by atoms with Crippen molar-refractivity contribution in [2.45, 2.75) is 6.92 Å². The van der Waals surface area contributed by atoms with E-state index in [1.165, 1.54) is 48.6 Å². The first-order valence-electron chi connectivity index (χ1n) is 7.01. The van der Waals surface area contributed by atoms with Gasteiger partial charge in [-0.3, -0.25) is 0 Å². The van der Waals surface area contributed by atoms with E-state index in [4.69, 9.17) is 9.47 Å². The summed E-state index contributed by atoms with van der Waals surface area (Å²) in [6, 6.07) is 12.0. The molecule has 0 aliphatic heterocycles. The minimum absolute atomic E-state index is 0.125. The van der Waals surface area contributed by atoms with Crippen LogP contribution in [0.1, 0.15) is 22.8 Å². The van der Waals surface area contributed by atoms with Gasteiger partial charge in [0, 0.05) is 6.08 Å². The fraction of sp³-hybridized carbons (Fsp3) is 0.111. The summed E-state index contributed by atoms with van der Waals surface area (Å²) >= 11 is 0.